The van der Waals surface area contributed by atoms with Crippen LogP contribution < -0.4 is 5.32 Å². The quantitative estimate of drug-likeness (QED) is 0.668. The zero-order chi connectivity index (χ0) is 13.7. The van der Waals surface area contributed by atoms with Crippen molar-refractivity contribution in [1.29, 1.82) is 5.26 Å². The molecule has 0 atom stereocenters. The maximum atomic E-state index is 10.9. The van der Waals surface area contributed by atoms with Crippen LogP contribution in [0.5, 0.6) is 0 Å². The third-order valence-electron chi connectivity index (χ3n) is 2.50. The number of nitrogens with zero attached hydrogens (tertiary/aromatic N) is 3. The molecule has 2 aromatic rings. The summed E-state index contributed by atoms with van der Waals surface area (Å²) < 4.78 is 0. The Morgan fingerprint density at radius 2 is 2.37 bits per heavy atom. The first kappa shape index (κ1) is 13.0. The van der Waals surface area contributed by atoms with Crippen molar-refractivity contribution >= 4 is 22.7 Å². The molecule has 0 bridgehead atoms. The average molecular weight is 274 g/mol. The molecule has 0 aliphatic rings. The van der Waals surface area contributed by atoms with Gasteiger partial charge in [0.2, 0.25) is 0 Å². The third kappa shape index (κ3) is 3.26. The number of nitrogens with one attached hydrogen (secondary N) is 1. The predicted molar refractivity (Wildman–Crippen MR) is 72.1 cm³/mol. The Balaban J connectivity index is 2.09. The lowest BCUT2D eigenvalue weighted by molar-refractivity contribution is -0.384. The summed E-state index contributed by atoms with van der Waals surface area (Å²) >= 11 is 1.51. The molecule has 1 aromatic heterocycles. The second-order valence-electron chi connectivity index (χ2n) is 3.76. The minimum Gasteiger partial charge on any atom is -0.379 e. The molecule has 1 N–H and O–H groups in total. The number of nitro benzene ring substituents is 1. The Kier molecular flexibility index (Phi) is 4.05. The zero-order valence-electron chi connectivity index (χ0n) is 9.87. The van der Waals surface area contributed by atoms with Gasteiger partial charge in [0.15, 0.2) is 0 Å². The average Bonchev–Trinajstić information content (AvgIpc) is 2.91. The molecule has 0 saturated heterocycles. The molecule has 0 fully saturated rings. The molecule has 19 heavy (non-hydrogen) atoms. The van der Waals surface area contributed by atoms with E-state index in [0.29, 0.717) is 24.2 Å². The van der Waals surface area contributed by atoms with Crippen molar-refractivity contribution in [2.75, 3.05) is 11.9 Å². The lowest BCUT2D eigenvalue weighted by Gasteiger charge is -2.06. The Hall–Kier alpha value is -2.46. The molecule has 96 valence electrons. The highest BCUT2D eigenvalue weighted by atomic mass is 32.1. The number of nitro groups is 1. The fourth-order valence-corrected chi connectivity index (χ4v) is 2.19. The van der Waals surface area contributed by atoms with Crippen LogP contribution in [-0.2, 0) is 6.42 Å². The standard InChI is InChI=1S/C12H10N4O2S/c13-6-9-1-2-12(16(17)18)11(5-9)14-4-3-10-7-19-8-15-10/h1-2,5,7-8,14H,3-4H2. The number of rotatable bonds is 5. The number of anilines is 1. The van der Waals surface area contributed by atoms with E-state index in [1.165, 1.54) is 29.5 Å². The summed E-state index contributed by atoms with van der Waals surface area (Å²) in [6.07, 6.45) is 0.678. The minimum absolute atomic E-state index is 0.0303. The SMILES string of the molecule is N#Cc1ccc([N+](=O)[O-])c(NCCc2cscn2)c1. The Morgan fingerprint density at radius 3 is 3.00 bits per heavy atom. The second-order valence-corrected chi connectivity index (χ2v) is 4.48. The summed E-state index contributed by atoms with van der Waals surface area (Å²) in [7, 11) is 0. The van der Waals surface area contributed by atoms with E-state index in [1.807, 2.05) is 11.4 Å². The van der Waals surface area contributed by atoms with Crippen LogP contribution in [0.15, 0.2) is 29.1 Å². The second kappa shape index (κ2) is 5.93. The summed E-state index contributed by atoms with van der Waals surface area (Å²) in [6, 6.07) is 6.22. The minimum atomic E-state index is -0.466. The largest absolute Gasteiger partial charge is 0.379 e. The highest BCUT2D eigenvalue weighted by Crippen LogP contribution is 2.25. The molecule has 0 amide bonds. The van der Waals surface area contributed by atoms with Gasteiger partial charge in [0.1, 0.15) is 5.69 Å². The molecule has 0 radical (unpaired) electrons. The molecular weight excluding hydrogens is 264 g/mol. The van der Waals surface area contributed by atoms with E-state index in [0.717, 1.165) is 5.69 Å². The molecule has 2 rings (SSSR count). The van der Waals surface area contributed by atoms with Gasteiger partial charge in [-0.15, -0.1) is 11.3 Å². The summed E-state index contributed by atoms with van der Waals surface area (Å²) in [5, 5.41) is 24.6. The van der Waals surface area contributed by atoms with Gasteiger partial charge in [0, 0.05) is 24.4 Å². The summed E-state index contributed by atoms with van der Waals surface area (Å²) in [6.45, 7) is 0.527. The molecule has 0 saturated carbocycles. The Bertz CT molecular complexity index is 619. The van der Waals surface area contributed by atoms with Crippen LogP contribution in [0.25, 0.3) is 0 Å². The van der Waals surface area contributed by atoms with Gasteiger partial charge in [0.25, 0.3) is 5.69 Å². The van der Waals surface area contributed by atoms with E-state index in [9.17, 15) is 10.1 Å². The molecule has 0 aliphatic heterocycles. The van der Waals surface area contributed by atoms with E-state index in [1.54, 1.807) is 5.51 Å². The van der Waals surface area contributed by atoms with Crippen LogP contribution in [0.2, 0.25) is 0 Å². The van der Waals surface area contributed by atoms with Gasteiger partial charge in [-0.25, -0.2) is 4.98 Å². The number of benzene rings is 1. The van der Waals surface area contributed by atoms with Crippen molar-refractivity contribution < 1.29 is 4.92 Å². The van der Waals surface area contributed by atoms with Crippen LogP contribution in [0.4, 0.5) is 11.4 Å². The monoisotopic (exact) mass is 274 g/mol. The molecule has 1 aromatic carbocycles. The van der Waals surface area contributed by atoms with Crippen molar-refractivity contribution in [2.24, 2.45) is 0 Å². The van der Waals surface area contributed by atoms with Crippen molar-refractivity contribution in [3.63, 3.8) is 0 Å². The van der Waals surface area contributed by atoms with Gasteiger partial charge < -0.3 is 5.32 Å². The van der Waals surface area contributed by atoms with Gasteiger partial charge >= 0.3 is 0 Å². The number of nitriles is 1. The number of thiazole rings is 1. The van der Waals surface area contributed by atoms with Gasteiger partial charge in [-0.3, -0.25) is 10.1 Å². The first-order valence-corrected chi connectivity index (χ1v) is 6.44. The normalized spacial score (nSPS) is 9.84. The zero-order valence-corrected chi connectivity index (χ0v) is 10.7. The lowest BCUT2D eigenvalue weighted by atomic mass is 10.2. The van der Waals surface area contributed by atoms with E-state index >= 15 is 0 Å². The molecule has 7 heteroatoms. The highest BCUT2D eigenvalue weighted by Gasteiger charge is 2.13. The van der Waals surface area contributed by atoms with Crippen LogP contribution in [0, 0.1) is 21.4 Å². The van der Waals surface area contributed by atoms with Crippen LogP contribution in [-0.4, -0.2) is 16.5 Å². The van der Waals surface area contributed by atoms with Crippen LogP contribution in [0.1, 0.15) is 11.3 Å². The Morgan fingerprint density at radius 1 is 1.53 bits per heavy atom. The number of hydrogen-bond acceptors (Lipinski definition) is 6. The predicted octanol–water partition coefficient (Wildman–Crippen LogP) is 2.58. The first-order valence-electron chi connectivity index (χ1n) is 5.50. The summed E-state index contributed by atoms with van der Waals surface area (Å²) in [5.41, 5.74) is 3.41. The smallest absolute Gasteiger partial charge is 0.292 e. The van der Waals surface area contributed by atoms with Gasteiger partial charge in [-0.1, -0.05) is 0 Å². The first-order chi connectivity index (χ1) is 9.20. The maximum Gasteiger partial charge on any atom is 0.292 e. The molecule has 0 aliphatic carbocycles. The molecule has 0 unspecified atom stereocenters. The van der Waals surface area contributed by atoms with E-state index in [-0.39, 0.29) is 5.69 Å². The molecule has 1 heterocycles. The van der Waals surface area contributed by atoms with Crippen molar-refractivity contribution in [3.8, 4) is 6.07 Å². The molecule has 0 spiro atoms. The topological polar surface area (TPSA) is 91.8 Å². The summed E-state index contributed by atoms with van der Waals surface area (Å²) in [5.74, 6) is 0. The van der Waals surface area contributed by atoms with Crippen LogP contribution in [0.3, 0.4) is 0 Å². The van der Waals surface area contributed by atoms with Crippen molar-refractivity contribution in [1.82, 2.24) is 4.98 Å². The third-order valence-corrected chi connectivity index (χ3v) is 3.14. The van der Waals surface area contributed by atoms with E-state index in [4.69, 9.17) is 5.26 Å². The van der Waals surface area contributed by atoms with E-state index < -0.39 is 4.92 Å². The molecular formula is C12H10N4O2S. The lowest BCUT2D eigenvalue weighted by Crippen LogP contribution is -2.07. The highest BCUT2D eigenvalue weighted by molar-refractivity contribution is 7.07. The summed E-state index contributed by atoms with van der Waals surface area (Å²) in [4.78, 5) is 14.6. The fraction of sp³-hybridized carbons (Fsp3) is 0.167. The van der Waals surface area contributed by atoms with Gasteiger partial charge in [-0.05, 0) is 12.1 Å². The van der Waals surface area contributed by atoms with Crippen molar-refractivity contribution in [2.45, 2.75) is 6.42 Å². The van der Waals surface area contributed by atoms with Gasteiger partial charge in [-0.2, -0.15) is 5.26 Å². The fourth-order valence-electron chi connectivity index (χ4n) is 1.59. The molecule has 6 nitrogen and oxygen atoms in total. The van der Waals surface area contributed by atoms with E-state index in [2.05, 4.69) is 10.3 Å². The number of hydrogen-bond donors (Lipinski definition) is 1. The number of aromatic nitrogens is 1. The maximum absolute atomic E-state index is 10.9. The Labute approximate surface area is 113 Å². The van der Waals surface area contributed by atoms with Crippen LogP contribution >= 0.6 is 11.3 Å². The van der Waals surface area contributed by atoms with Gasteiger partial charge in [0.05, 0.1) is 27.8 Å². The van der Waals surface area contributed by atoms with Crippen molar-refractivity contribution in [3.05, 3.63) is 50.5 Å².